The van der Waals surface area contributed by atoms with Gasteiger partial charge < -0.3 is 5.11 Å². The van der Waals surface area contributed by atoms with Crippen LogP contribution < -0.4 is 0 Å². The second-order valence-corrected chi connectivity index (χ2v) is 6.88. The van der Waals surface area contributed by atoms with Crippen LogP contribution in [-0.2, 0) is 5.41 Å². The van der Waals surface area contributed by atoms with Crippen LogP contribution in [0.25, 0.3) is 0 Å². The zero-order valence-electron chi connectivity index (χ0n) is 12.9. The van der Waals surface area contributed by atoms with Crippen LogP contribution >= 0.6 is 11.6 Å². The number of hydrogen-bond acceptors (Lipinski definition) is 2. The monoisotopic (exact) mass is 283 g/mol. The molecule has 0 fully saturated rings. The van der Waals surface area contributed by atoms with Crippen molar-refractivity contribution < 1.29 is 5.11 Å². The van der Waals surface area contributed by atoms with Gasteiger partial charge in [-0.25, -0.2) is 0 Å². The van der Waals surface area contributed by atoms with Crippen molar-refractivity contribution in [1.29, 1.82) is 0 Å². The largest absolute Gasteiger partial charge is 0.375 e. The molecule has 1 N–H and O–H groups in total. The molecule has 0 aromatic heterocycles. The lowest BCUT2D eigenvalue weighted by molar-refractivity contribution is -0.146. The highest BCUT2D eigenvalue weighted by Gasteiger charge is 2.46. The van der Waals surface area contributed by atoms with E-state index >= 15 is 0 Å². The van der Waals surface area contributed by atoms with E-state index in [4.69, 9.17) is 11.6 Å². The van der Waals surface area contributed by atoms with Crippen LogP contribution in [-0.4, -0.2) is 29.8 Å². The molecule has 0 heterocycles. The van der Waals surface area contributed by atoms with E-state index in [2.05, 4.69) is 27.7 Å². The van der Waals surface area contributed by atoms with E-state index in [0.717, 1.165) is 17.0 Å². The summed E-state index contributed by atoms with van der Waals surface area (Å²) < 4.78 is 0. The van der Waals surface area contributed by atoms with E-state index < -0.39 is 5.72 Å². The Balaban J connectivity index is 3.22. The third kappa shape index (κ3) is 3.31. The fourth-order valence-corrected chi connectivity index (χ4v) is 2.79. The van der Waals surface area contributed by atoms with Crippen molar-refractivity contribution in [2.24, 2.45) is 5.92 Å². The van der Waals surface area contributed by atoms with Gasteiger partial charge in [0.1, 0.15) is 5.72 Å². The Bertz CT molecular complexity index is 411. The molecule has 108 valence electrons. The van der Waals surface area contributed by atoms with E-state index in [1.807, 2.05) is 43.3 Å². The first-order valence-corrected chi connectivity index (χ1v) is 7.15. The summed E-state index contributed by atoms with van der Waals surface area (Å²) in [7, 11) is 3.86. The molecule has 1 rings (SSSR count). The van der Waals surface area contributed by atoms with Crippen molar-refractivity contribution in [2.75, 3.05) is 14.1 Å². The number of halogens is 1. The molecule has 3 heteroatoms. The number of benzene rings is 1. The third-order valence-corrected chi connectivity index (χ3v) is 4.25. The van der Waals surface area contributed by atoms with Crippen LogP contribution in [0.15, 0.2) is 24.3 Å². The van der Waals surface area contributed by atoms with Crippen LogP contribution in [0.5, 0.6) is 0 Å². The summed E-state index contributed by atoms with van der Waals surface area (Å²) >= 11 is 5.95. The predicted octanol–water partition coefficient (Wildman–Crippen LogP) is 3.91. The summed E-state index contributed by atoms with van der Waals surface area (Å²) in [6.45, 7) is 8.43. The zero-order chi connectivity index (χ0) is 14.8. The maximum absolute atomic E-state index is 11.2. The van der Waals surface area contributed by atoms with Gasteiger partial charge in [-0.05, 0) is 44.1 Å². The van der Waals surface area contributed by atoms with Gasteiger partial charge in [0.2, 0.25) is 0 Å². The molecule has 2 nitrogen and oxygen atoms in total. The van der Waals surface area contributed by atoms with Gasteiger partial charge in [0.25, 0.3) is 0 Å². The standard InChI is InChI=1S/C16H26ClNO/c1-12(2)11-16(19,18(5)6)15(3,4)13-7-9-14(17)10-8-13/h7-10,12,19H,11H2,1-6H3. The van der Waals surface area contributed by atoms with Crippen LogP contribution in [0.3, 0.4) is 0 Å². The molecular formula is C16H26ClNO. The number of aliphatic hydroxyl groups is 1. The van der Waals surface area contributed by atoms with Crippen LogP contribution in [0.2, 0.25) is 5.02 Å². The highest BCUT2D eigenvalue weighted by molar-refractivity contribution is 6.30. The lowest BCUT2D eigenvalue weighted by Gasteiger charge is -2.48. The normalized spacial score (nSPS) is 15.9. The van der Waals surface area contributed by atoms with E-state index in [1.165, 1.54) is 0 Å². The Kier molecular flexibility index (Phi) is 5.05. The molecule has 0 aliphatic rings. The SMILES string of the molecule is CC(C)CC(O)(N(C)C)C(C)(C)c1ccc(Cl)cc1. The molecule has 0 aliphatic carbocycles. The topological polar surface area (TPSA) is 23.5 Å². The van der Waals surface area contributed by atoms with Gasteiger partial charge in [-0.15, -0.1) is 0 Å². The van der Waals surface area contributed by atoms with Gasteiger partial charge in [0.15, 0.2) is 0 Å². The van der Waals surface area contributed by atoms with Crippen LogP contribution in [0, 0.1) is 5.92 Å². The average molecular weight is 284 g/mol. The fraction of sp³-hybridized carbons (Fsp3) is 0.625. The summed E-state index contributed by atoms with van der Waals surface area (Å²) in [6, 6.07) is 7.75. The Morgan fingerprint density at radius 2 is 1.63 bits per heavy atom. The lowest BCUT2D eigenvalue weighted by atomic mass is 9.71. The minimum absolute atomic E-state index is 0.384. The molecule has 0 saturated heterocycles. The van der Waals surface area contributed by atoms with Crippen molar-refractivity contribution in [2.45, 2.75) is 45.3 Å². The first kappa shape index (κ1) is 16.5. The number of hydrogen-bond donors (Lipinski definition) is 1. The van der Waals surface area contributed by atoms with Crippen LogP contribution in [0.1, 0.15) is 39.7 Å². The van der Waals surface area contributed by atoms with Gasteiger partial charge >= 0.3 is 0 Å². The van der Waals surface area contributed by atoms with Gasteiger partial charge in [0.05, 0.1) is 0 Å². The third-order valence-electron chi connectivity index (χ3n) is 4.00. The van der Waals surface area contributed by atoms with Crippen LogP contribution in [0.4, 0.5) is 0 Å². The van der Waals surface area contributed by atoms with Gasteiger partial charge in [-0.3, -0.25) is 4.90 Å². The van der Waals surface area contributed by atoms with E-state index in [1.54, 1.807) is 0 Å². The minimum atomic E-state index is -0.894. The van der Waals surface area contributed by atoms with Crippen molar-refractivity contribution in [3.05, 3.63) is 34.9 Å². The van der Waals surface area contributed by atoms with E-state index in [9.17, 15) is 5.11 Å². The predicted molar refractivity (Wildman–Crippen MR) is 82.6 cm³/mol. The van der Waals surface area contributed by atoms with Crippen molar-refractivity contribution >= 4 is 11.6 Å². The van der Waals surface area contributed by atoms with E-state index in [0.29, 0.717) is 5.92 Å². The summed E-state index contributed by atoms with van der Waals surface area (Å²) in [5, 5.41) is 11.9. The van der Waals surface area contributed by atoms with E-state index in [-0.39, 0.29) is 5.41 Å². The number of rotatable bonds is 5. The Labute approximate surface area is 122 Å². The minimum Gasteiger partial charge on any atom is -0.375 e. The first-order valence-electron chi connectivity index (χ1n) is 6.77. The maximum atomic E-state index is 11.2. The molecule has 1 unspecified atom stereocenters. The highest BCUT2D eigenvalue weighted by Crippen LogP contribution is 2.40. The summed E-state index contributed by atoms with van der Waals surface area (Å²) in [5.41, 5.74) is -0.186. The van der Waals surface area contributed by atoms with Crippen molar-refractivity contribution in [3.8, 4) is 0 Å². The molecule has 0 aliphatic heterocycles. The Hall–Kier alpha value is -0.570. The van der Waals surface area contributed by atoms with Gasteiger partial charge in [-0.2, -0.15) is 0 Å². The zero-order valence-corrected chi connectivity index (χ0v) is 13.6. The number of nitrogens with zero attached hydrogens (tertiary/aromatic N) is 1. The van der Waals surface area contributed by atoms with Gasteiger partial charge in [0, 0.05) is 10.4 Å². The smallest absolute Gasteiger partial charge is 0.127 e. The second-order valence-electron chi connectivity index (χ2n) is 6.44. The first-order chi connectivity index (χ1) is 8.61. The molecule has 0 bridgehead atoms. The lowest BCUT2D eigenvalue weighted by Crippen LogP contribution is -2.58. The van der Waals surface area contributed by atoms with Crippen molar-refractivity contribution in [1.82, 2.24) is 4.90 Å². The molecule has 0 saturated carbocycles. The van der Waals surface area contributed by atoms with Gasteiger partial charge in [-0.1, -0.05) is 51.4 Å². The maximum Gasteiger partial charge on any atom is 0.127 e. The molecule has 0 spiro atoms. The quantitative estimate of drug-likeness (QED) is 0.828. The fourth-order valence-electron chi connectivity index (χ4n) is 2.66. The average Bonchev–Trinajstić information content (AvgIpc) is 2.28. The summed E-state index contributed by atoms with van der Waals surface area (Å²) in [5.74, 6) is 0.416. The number of likely N-dealkylation sites (N-methyl/N-ethyl adjacent to an activating group) is 1. The molecule has 1 aromatic rings. The summed E-state index contributed by atoms with van der Waals surface area (Å²) in [6.07, 6.45) is 0.718. The Morgan fingerprint density at radius 3 is 2.00 bits per heavy atom. The molecule has 19 heavy (non-hydrogen) atoms. The highest BCUT2D eigenvalue weighted by atomic mass is 35.5. The molecule has 0 amide bonds. The molecular weight excluding hydrogens is 258 g/mol. The molecule has 1 aromatic carbocycles. The second kappa shape index (κ2) is 5.82. The molecule has 1 atom stereocenters. The summed E-state index contributed by atoms with van der Waals surface area (Å²) in [4.78, 5) is 1.92. The molecule has 0 radical (unpaired) electrons. The Morgan fingerprint density at radius 1 is 1.16 bits per heavy atom. The van der Waals surface area contributed by atoms with Crippen molar-refractivity contribution in [3.63, 3.8) is 0 Å².